The lowest BCUT2D eigenvalue weighted by molar-refractivity contribution is 0.146. The molecule has 10 heteroatoms. The highest BCUT2D eigenvalue weighted by Crippen LogP contribution is 2.32. The molecular weight excluding hydrogens is 375 g/mol. The van der Waals surface area contributed by atoms with Crippen molar-refractivity contribution >= 4 is 17.0 Å². The summed E-state index contributed by atoms with van der Waals surface area (Å²) >= 11 is 0. The van der Waals surface area contributed by atoms with Crippen LogP contribution in [-0.2, 0) is 6.61 Å². The van der Waals surface area contributed by atoms with Crippen molar-refractivity contribution in [2.75, 3.05) is 12.4 Å². The normalized spacial score (nSPS) is 12.9. The van der Waals surface area contributed by atoms with Crippen LogP contribution in [0.2, 0.25) is 0 Å². The van der Waals surface area contributed by atoms with E-state index in [0.29, 0.717) is 5.56 Å². The Morgan fingerprint density at radius 2 is 2.04 bits per heavy atom. The van der Waals surface area contributed by atoms with E-state index in [1.165, 1.54) is 10.7 Å². The summed E-state index contributed by atoms with van der Waals surface area (Å²) in [6, 6.07) is 2.91. The molecule has 0 fully saturated rings. The molecule has 7 nitrogen and oxygen atoms in total. The summed E-state index contributed by atoms with van der Waals surface area (Å²) in [4.78, 5) is 19.3. The molecule has 3 rings (SSSR count). The number of aromatic amines is 1. The smallest absolute Gasteiger partial charge is 0.266 e. The van der Waals surface area contributed by atoms with E-state index in [1.54, 1.807) is 7.05 Å². The summed E-state index contributed by atoms with van der Waals surface area (Å²) in [5, 5.41) is 16.8. The molecule has 0 aliphatic rings. The highest BCUT2D eigenvalue weighted by atomic mass is 19.3. The average Bonchev–Trinajstić information content (AvgIpc) is 3.00. The number of aromatic nitrogens is 4. The Bertz CT molecular complexity index is 1060. The standard InChI is InChI=1S/C18H20F3N5O2/c1-8(2)14(9-4-5-10(15(20)21)11(19)6-9)26-16-13(12(7-27)25-26)17(28)24-18(22-3)23-16/h4-6,8,14-15,27H,7H2,1-3H3,(H2,22,23,24,28). The van der Waals surface area contributed by atoms with Gasteiger partial charge in [-0.15, -0.1) is 0 Å². The Labute approximate surface area is 158 Å². The summed E-state index contributed by atoms with van der Waals surface area (Å²) < 4.78 is 41.4. The maximum atomic E-state index is 14.2. The van der Waals surface area contributed by atoms with E-state index in [0.717, 1.165) is 12.1 Å². The highest BCUT2D eigenvalue weighted by molar-refractivity contribution is 5.78. The second kappa shape index (κ2) is 7.63. The number of rotatable bonds is 6. The molecule has 0 saturated heterocycles. The first kappa shape index (κ1) is 19.9. The van der Waals surface area contributed by atoms with Crippen molar-refractivity contribution in [1.82, 2.24) is 19.7 Å². The van der Waals surface area contributed by atoms with E-state index in [9.17, 15) is 23.1 Å². The molecule has 2 aromatic heterocycles. The maximum absolute atomic E-state index is 14.2. The van der Waals surface area contributed by atoms with E-state index in [-0.39, 0.29) is 28.6 Å². The summed E-state index contributed by atoms with van der Waals surface area (Å²) in [7, 11) is 1.58. The average molecular weight is 395 g/mol. The van der Waals surface area contributed by atoms with Crippen LogP contribution in [0.25, 0.3) is 11.0 Å². The van der Waals surface area contributed by atoms with Gasteiger partial charge in [0.25, 0.3) is 12.0 Å². The lowest BCUT2D eigenvalue weighted by Crippen LogP contribution is -2.20. The van der Waals surface area contributed by atoms with Crippen molar-refractivity contribution < 1.29 is 18.3 Å². The number of fused-ring (bicyclic) bond motifs is 1. The summed E-state index contributed by atoms with van der Waals surface area (Å²) in [6.45, 7) is 3.21. The van der Waals surface area contributed by atoms with Crippen LogP contribution in [0, 0.1) is 11.7 Å². The van der Waals surface area contributed by atoms with Gasteiger partial charge < -0.3 is 10.4 Å². The zero-order valence-electron chi connectivity index (χ0n) is 15.5. The first-order valence-electron chi connectivity index (χ1n) is 8.66. The number of hydrogen-bond donors (Lipinski definition) is 3. The fraction of sp³-hybridized carbons (Fsp3) is 0.389. The first-order valence-corrected chi connectivity index (χ1v) is 8.66. The Kier molecular flexibility index (Phi) is 5.41. The summed E-state index contributed by atoms with van der Waals surface area (Å²) in [5.41, 5.74) is -0.430. The molecule has 28 heavy (non-hydrogen) atoms. The van der Waals surface area contributed by atoms with Crippen molar-refractivity contribution in [1.29, 1.82) is 0 Å². The third-order valence-electron chi connectivity index (χ3n) is 4.52. The lowest BCUT2D eigenvalue weighted by Gasteiger charge is -2.23. The van der Waals surface area contributed by atoms with E-state index >= 15 is 0 Å². The highest BCUT2D eigenvalue weighted by Gasteiger charge is 2.26. The quantitative estimate of drug-likeness (QED) is 0.596. The maximum Gasteiger partial charge on any atom is 0.266 e. The molecule has 3 aromatic rings. The zero-order valence-corrected chi connectivity index (χ0v) is 15.5. The van der Waals surface area contributed by atoms with Crippen LogP contribution in [0.4, 0.5) is 19.1 Å². The van der Waals surface area contributed by atoms with Crippen molar-refractivity contribution in [3.8, 4) is 0 Å². The number of aliphatic hydroxyl groups excluding tert-OH is 1. The van der Waals surface area contributed by atoms with Crippen LogP contribution in [0.1, 0.15) is 43.1 Å². The van der Waals surface area contributed by atoms with Gasteiger partial charge in [0.1, 0.15) is 16.9 Å². The van der Waals surface area contributed by atoms with Gasteiger partial charge in [0.05, 0.1) is 18.2 Å². The molecule has 150 valence electrons. The summed E-state index contributed by atoms with van der Waals surface area (Å²) in [5.74, 6) is -0.964. The third-order valence-corrected chi connectivity index (χ3v) is 4.52. The van der Waals surface area contributed by atoms with E-state index in [1.807, 2.05) is 13.8 Å². The second-order valence-electron chi connectivity index (χ2n) is 6.68. The lowest BCUT2D eigenvalue weighted by atomic mass is 9.95. The van der Waals surface area contributed by atoms with Gasteiger partial charge in [-0.05, 0) is 17.5 Å². The zero-order chi connectivity index (χ0) is 20.6. The van der Waals surface area contributed by atoms with Crippen LogP contribution in [-0.4, -0.2) is 31.9 Å². The van der Waals surface area contributed by atoms with E-state index < -0.39 is 36.0 Å². The van der Waals surface area contributed by atoms with Crippen LogP contribution in [0.3, 0.4) is 0 Å². The van der Waals surface area contributed by atoms with Gasteiger partial charge in [-0.3, -0.25) is 9.78 Å². The predicted molar refractivity (Wildman–Crippen MR) is 98.0 cm³/mol. The Morgan fingerprint density at radius 1 is 1.32 bits per heavy atom. The van der Waals surface area contributed by atoms with E-state index in [4.69, 9.17) is 0 Å². The van der Waals surface area contributed by atoms with Crippen LogP contribution in [0.15, 0.2) is 23.0 Å². The molecule has 0 amide bonds. The number of H-pyrrole nitrogens is 1. The fourth-order valence-electron chi connectivity index (χ4n) is 3.25. The minimum absolute atomic E-state index is 0.122. The van der Waals surface area contributed by atoms with Gasteiger partial charge in [0, 0.05) is 7.05 Å². The van der Waals surface area contributed by atoms with Crippen LogP contribution < -0.4 is 10.9 Å². The van der Waals surface area contributed by atoms with Crippen LogP contribution in [0.5, 0.6) is 0 Å². The molecule has 2 heterocycles. The minimum Gasteiger partial charge on any atom is -0.390 e. The van der Waals surface area contributed by atoms with Crippen LogP contribution >= 0.6 is 0 Å². The molecule has 1 unspecified atom stereocenters. The number of benzene rings is 1. The van der Waals surface area contributed by atoms with Crippen molar-refractivity contribution in [3.05, 3.63) is 51.2 Å². The number of anilines is 1. The van der Waals surface area contributed by atoms with Crippen molar-refractivity contribution in [3.63, 3.8) is 0 Å². The fourth-order valence-corrected chi connectivity index (χ4v) is 3.25. The minimum atomic E-state index is -2.92. The van der Waals surface area contributed by atoms with Gasteiger partial charge in [-0.25, -0.2) is 17.9 Å². The molecule has 0 spiro atoms. The summed E-state index contributed by atoms with van der Waals surface area (Å²) in [6.07, 6.45) is -2.92. The Balaban J connectivity index is 2.26. The SMILES string of the molecule is CNc1nc2c(c(CO)nn2C(c2ccc(C(F)F)c(F)c2)C(C)C)c(=O)[nH]1. The second-order valence-corrected chi connectivity index (χ2v) is 6.68. The number of halogens is 3. The first-order chi connectivity index (χ1) is 13.3. The number of nitrogens with one attached hydrogen (secondary N) is 2. The van der Waals surface area contributed by atoms with Gasteiger partial charge in [0.15, 0.2) is 5.65 Å². The molecular formula is C18H20F3N5O2. The molecule has 1 atom stereocenters. The Hall–Kier alpha value is -2.88. The molecule has 0 aliphatic heterocycles. The Morgan fingerprint density at radius 3 is 2.57 bits per heavy atom. The van der Waals surface area contributed by atoms with Crippen molar-refractivity contribution in [2.24, 2.45) is 5.92 Å². The third kappa shape index (κ3) is 3.35. The van der Waals surface area contributed by atoms with Gasteiger partial charge in [-0.1, -0.05) is 26.0 Å². The van der Waals surface area contributed by atoms with Gasteiger partial charge in [0.2, 0.25) is 5.95 Å². The molecule has 0 radical (unpaired) electrons. The van der Waals surface area contributed by atoms with E-state index in [2.05, 4.69) is 20.4 Å². The number of nitrogens with zero attached hydrogens (tertiary/aromatic N) is 3. The molecule has 0 aliphatic carbocycles. The van der Waals surface area contributed by atoms with Gasteiger partial charge >= 0.3 is 0 Å². The molecule has 0 saturated carbocycles. The van der Waals surface area contributed by atoms with Gasteiger partial charge in [-0.2, -0.15) is 10.1 Å². The largest absolute Gasteiger partial charge is 0.390 e. The molecule has 3 N–H and O–H groups in total. The predicted octanol–water partition coefficient (Wildman–Crippen LogP) is 2.98. The number of hydrogen-bond acceptors (Lipinski definition) is 5. The number of aliphatic hydroxyl groups is 1. The monoisotopic (exact) mass is 395 g/mol. The molecule has 0 bridgehead atoms. The number of alkyl halides is 2. The molecule has 1 aromatic carbocycles. The van der Waals surface area contributed by atoms with Crippen molar-refractivity contribution in [2.45, 2.75) is 32.9 Å². The topological polar surface area (TPSA) is 95.8 Å².